The summed E-state index contributed by atoms with van der Waals surface area (Å²) in [5.74, 6) is 0. The molecule has 0 spiro atoms. The predicted molar refractivity (Wildman–Crippen MR) is 210 cm³/mol. The van der Waals surface area contributed by atoms with Crippen molar-refractivity contribution in [2.45, 2.75) is 59.6 Å². The van der Waals surface area contributed by atoms with E-state index in [0.29, 0.717) is 7.25 Å². The summed E-state index contributed by atoms with van der Waals surface area (Å²) in [7, 11) is 0. The Hall–Kier alpha value is -4.19. The summed E-state index contributed by atoms with van der Waals surface area (Å²) >= 11 is -3.01. The van der Waals surface area contributed by atoms with Gasteiger partial charge in [0.15, 0.2) is 0 Å². The van der Waals surface area contributed by atoms with Crippen molar-refractivity contribution in [3.05, 3.63) is 208 Å². The summed E-state index contributed by atoms with van der Waals surface area (Å²) in [5, 5.41) is 0. The molecule has 0 amide bonds. The van der Waals surface area contributed by atoms with Gasteiger partial charge >= 0.3 is 309 Å². The van der Waals surface area contributed by atoms with E-state index >= 15 is 0 Å². The summed E-state index contributed by atoms with van der Waals surface area (Å²) in [6.07, 6.45) is 2.69. The minimum absolute atomic E-state index is 0.0557. The summed E-state index contributed by atoms with van der Waals surface area (Å²) in [6, 6.07) is 58.0. The Bertz CT molecular complexity index is 2150. The van der Waals surface area contributed by atoms with E-state index in [9.17, 15) is 0 Å². The number of rotatable bonds is 5. The first-order valence-electron chi connectivity index (χ1n) is 18.1. The zero-order valence-electron chi connectivity index (χ0n) is 30.2. The topological polar surface area (TPSA) is 0 Å². The van der Waals surface area contributed by atoms with Gasteiger partial charge in [-0.1, -0.05) is 0 Å². The van der Waals surface area contributed by atoms with E-state index in [2.05, 4.69) is 199 Å². The third-order valence-corrected chi connectivity index (χ3v) is 19.5. The molecule has 2 aliphatic rings. The van der Waals surface area contributed by atoms with Crippen LogP contribution < -0.4 is 0 Å². The van der Waals surface area contributed by atoms with Crippen LogP contribution in [0.1, 0.15) is 98.9 Å². The van der Waals surface area contributed by atoms with Gasteiger partial charge in [-0.05, 0) is 0 Å². The molecule has 0 heterocycles. The maximum absolute atomic E-state index is 3.01. The molecule has 0 fully saturated rings. The molecule has 1 unspecified atom stereocenters. The van der Waals surface area contributed by atoms with Crippen molar-refractivity contribution in [1.82, 2.24) is 0 Å². The van der Waals surface area contributed by atoms with Crippen LogP contribution in [0.15, 0.2) is 158 Å². The van der Waals surface area contributed by atoms with Crippen molar-refractivity contribution in [2.24, 2.45) is 0 Å². The number of allylic oxidation sites excluding steroid dienone is 1. The first-order chi connectivity index (χ1) is 24.1. The van der Waals surface area contributed by atoms with Crippen LogP contribution in [-0.4, -0.2) is 3.21 Å². The number of hydrogen-bond donors (Lipinski definition) is 0. The quantitative estimate of drug-likeness (QED) is 0.166. The van der Waals surface area contributed by atoms with Crippen LogP contribution in [-0.2, 0) is 32.1 Å². The SMILES string of the molecule is CC(C)(C)c1ccc2c(c1)[CH]([Zr](=[C](c1ccccc1)c1ccccc1)[CH]1C=C(c3ccccc3)c3ccccc31)c1cc(C(C)(C)C)ccc1-2. The third kappa shape index (κ3) is 5.89. The van der Waals surface area contributed by atoms with Crippen molar-refractivity contribution in [3.63, 3.8) is 0 Å². The van der Waals surface area contributed by atoms with Gasteiger partial charge < -0.3 is 0 Å². The average Bonchev–Trinajstić information content (AvgIpc) is 3.66. The van der Waals surface area contributed by atoms with Crippen LogP contribution in [0.2, 0.25) is 0 Å². The normalized spacial score (nSPS) is 15.2. The fourth-order valence-corrected chi connectivity index (χ4v) is 18.1. The molecule has 0 aromatic heterocycles. The summed E-state index contributed by atoms with van der Waals surface area (Å²) < 4.78 is 2.29. The molecule has 0 saturated carbocycles. The van der Waals surface area contributed by atoms with E-state index in [0.717, 1.165) is 0 Å². The molecule has 0 N–H and O–H groups in total. The standard InChI is InChI=1S/C21H25.C15H11.C13H10.Zr/c1-20(2,3)16-7-9-18-14(12-16)11-15-13-17(21(4,5)6)8-10-19(15)18;1-2-6-12(7-3-1)15-11-10-13-8-4-5-9-14(13)15;1-3-7-12(8-4-1)11-13-9-5-2-6-10-13;/h7-13H,1-6H3;1-11H;1-10H;. The van der Waals surface area contributed by atoms with Crippen molar-refractivity contribution >= 4 is 8.78 Å². The van der Waals surface area contributed by atoms with E-state index in [1.807, 2.05) is 0 Å². The molecular formula is C49H46Zr. The van der Waals surface area contributed by atoms with E-state index in [1.54, 1.807) is 3.21 Å². The molecule has 0 bridgehead atoms. The molecule has 1 atom stereocenters. The second-order valence-corrected chi connectivity index (χ2v) is 22.5. The molecule has 0 aliphatic heterocycles. The maximum atomic E-state index is 2.69. The Kier molecular flexibility index (Phi) is 8.48. The summed E-state index contributed by atoms with van der Waals surface area (Å²) in [5.41, 5.74) is 17.2. The molecule has 0 nitrogen and oxygen atoms in total. The molecule has 246 valence electrons. The van der Waals surface area contributed by atoms with Gasteiger partial charge in [0.2, 0.25) is 0 Å². The molecule has 2 aliphatic carbocycles. The molecule has 1 heteroatoms. The van der Waals surface area contributed by atoms with Crippen LogP contribution in [0, 0.1) is 0 Å². The monoisotopic (exact) mass is 724 g/mol. The van der Waals surface area contributed by atoms with Crippen molar-refractivity contribution < 1.29 is 21.3 Å². The molecule has 0 radical (unpaired) electrons. The summed E-state index contributed by atoms with van der Waals surface area (Å²) in [4.78, 5) is 0. The molecule has 6 aromatic rings. The van der Waals surface area contributed by atoms with Gasteiger partial charge in [0, 0.05) is 0 Å². The number of fused-ring (bicyclic) bond motifs is 4. The van der Waals surface area contributed by atoms with Gasteiger partial charge in [0.1, 0.15) is 0 Å². The van der Waals surface area contributed by atoms with Gasteiger partial charge in [-0.25, -0.2) is 0 Å². The van der Waals surface area contributed by atoms with Gasteiger partial charge in [0.05, 0.1) is 0 Å². The fraction of sp³-hybridized carbons (Fsp3) is 0.204. The van der Waals surface area contributed by atoms with Gasteiger partial charge in [-0.15, -0.1) is 0 Å². The Morgan fingerprint density at radius 3 is 1.42 bits per heavy atom. The van der Waals surface area contributed by atoms with Crippen LogP contribution in [0.4, 0.5) is 0 Å². The molecule has 6 aromatic carbocycles. The second kappa shape index (κ2) is 12.9. The predicted octanol–water partition coefficient (Wildman–Crippen LogP) is 12.4. The number of benzene rings is 6. The Morgan fingerprint density at radius 1 is 0.460 bits per heavy atom. The molecular weight excluding hydrogens is 680 g/mol. The van der Waals surface area contributed by atoms with Gasteiger partial charge in [-0.2, -0.15) is 0 Å². The fourth-order valence-electron chi connectivity index (χ4n) is 8.20. The van der Waals surface area contributed by atoms with E-state index in [4.69, 9.17) is 0 Å². The minimum atomic E-state index is -3.01. The zero-order valence-corrected chi connectivity index (χ0v) is 32.6. The van der Waals surface area contributed by atoms with Crippen molar-refractivity contribution in [2.75, 3.05) is 0 Å². The van der Waals surface area contributed by atoms with E-state index < -0.39 is 21.3 Å². The van der Waals surface area contributed by atoms with E-state index in [-0.39, 0.29) is 10.8 Å². The third-order valence-electron chi connectivity index (χ3n) is 10.8. The van der Waals surface area contributed by atoms with Crippen LogP contribution in [0.25, 0.3) is 16.7 Å². The van der Waals surface area contributed by atoms with Gasteiger partial charge in [-0.3, -0.25) is 0 Å². The Labute approximate surface area is 306 Å². The Balaban J connectivity index is 1.53. The van der Waals surface area contributed by atoms with Crippen LogP contribution >= 0.6 is 0 Å². The first-order valence-corrected chi connectivity index (χ1v) is 22.2. The molecule has 0 saturated heterocycles. The summed E-state index contributed by atoms with van der Waals surface area (Å²) in [6.45, 7) is 14.1. The Morgan fingerprint density at radius 2 is 0.920 bits per heavy atom. The molecule has 8 rings (SSSR count). The van der Waals surface area contributed by atoms with E-state index in [1.165, 1.54) is 66.8 Å². The second-order valence-electron chi connectivity index (χ2n) is 16.1. The zero-order chi connectivity index (χ0) is 34.6. The van der Waals surface area contributed by atoms with Gasteiger partial charge in [0.25, 0.3) is 0 Å². The average molecular weight is 726 g/mol. The first kappa shape index (κ1) is 33.0. The van der Waals surface area contributed by atoms with Crippen LogP contribution in [0.5, 0.6) is 0 Å². The molecule has 50 heavy (non-hydrogen) atoms. The van der Waals surface area contributed by atoms with Crippen molar-refractivity contribution in [1.29, 1.82) is 0 Å². The number of hydrogen-bond acceptors (Lipinski definition) is 0. The van der Waals surface area contributed by atoms with Crippen molar-refractivity contribution in [3.8, 4) is 11.1 Å². The van der Waals surface area contributed by atoms with Crippen LogP contribution in [0.3, 0.4) is 0 Å².